The van der Waals surface area contributed by atoms with Crippen molar-refractivity contribution in [1.82, 2.24) is 9.97 Å². The number of carbonyl (C=O) groups is 1. The zero-order valence-corrected chi connectivity index (χ0v) is 21.4. The standard InChI is InChI=1S/C27H19ClF3N3O4S/c28-17-5-6-18(19(10-17)16-7-8-37-11-16)24(27(29,30)31)38-25-23-22(33-13-34-25)20(12-39-23)15-3-1-14(2-4-15)9-21(32)26(35)36/h1-8,10-13,21,24H,9,32H2,(H,35,36). The molecule has 0 radical (unpaired) electrons. The highest BCUT2D eigenvalue weighted by Gasteiger charge is 2.45. The van der Waals surface area contributed by atoms with Crippen molar-refractivity contribution in [3.8, 4) is 28.1 Å². The van der Waals surface area contributed by atoms with Gasteiger partial charge >= 0.3 is 12.1 Å². The van der Waals surface area contributed by atoms with Crippen molar-refractivity contribution in [2.75, 3.05) is 0 Å². The largest absolute Gasteiger partial charge is 0.480 e. The third kappa shape index (κ3) is 5.60. The van der Waals surface area contributed by atoms with E-state index in [1.54, 1.807) is 29.6 Å². The van der Waals surface area contributed by atoms with Gasteiger partial charge in [-0.25, -0.2) is 9.97 Å². The molecule has 39 heavy (non-hydrogen) atoms. The lowest BCUT2D eigenvalue weighted by molar-refractivity contribution is -0.198. The summed E-state index contributed by atoms with van der Waals surface area (Å²) in [4.78, 5) is 19.4. The quantitative estimate of drug-likeness (QED) is 0.207. The summed E-state index contributed by atoms with van der Waals surface area (Å²) in [6.45, 7) is 0. The van der Waals surface area contributed by atoms with Crippen LogP contribution in [0.1, 0.15) is 17.2 Å². The fourth-order valence-corrected chi connectivity index (χ4v) is 5.25. The fourth-order valence-electron chi connectivity index (χ4n) is 4.12. The van der Waals surface area contributed by atoms with Gasteiger partial charge in [0.1, 0.15) is 17.1 Å². The number of alkyl halides is 3. The number of ether oxygens (including phenoxy) is 1. The Morgan fingerprint density at radius 3 is 2.54 bits per heavy atom. The molecule has 2 atom stereocenters. The second kappa shape index (κ2) is 10.7. The van der Waals surface area contributed by atoms with Crippen molar-refractivity contribution in [3.63, 3.8) is 0 Å². The predicted octanol–water partition coefficient (Wildman–Crippen LogP) is 6.91. The van der Waals surface area contributed by atoms with Crippen LogP contribution >= 0.6 is 22.9 Å². The van der Waals surface area contributed by atoms with Gasteiger partial charge in [-0.3, -0.25) is 4.79 Å². The lowest BCUT2D eigenvalue weighted by Crippen LogP contribution is -2.32. The van der Waals surface area contributed by atoms with Gasteiger partial charge in [-0.15, -0.1) is 11.3 Å². The lowest BCUT2D eigenvalue weighted by atomic mass is 9.97. The number of halogens is 4. The minimum absolute atomic E-state index is 0.146. The molecule has 0 spiro atoms. The molecule has 3 aromatic heterocycles. The molecule has 200 valence electrons. The molecule has 12 heteroatoms. The van der Waals surface area contributed by atoms with Crippen LogP contribution in [-0.2, 0) is 11.2 Å². The number of nitrogens with two attached hydrogens (primary N) is 1. The maximum absolute atomic E-state index is 14.4. The minimum atomic E-state index is -4.78. The van der Waals surface area contributed by atoms with Crippen LogP contribution in [0.3, 0.4) is 0 Å². The van der Waals surface area contributed by atoms with Crippen molar-refractivity contribution >= 4 is 39.1 Å². The molecule has 2 aromatic carbocycles. The Bertz CT molecular complexity index is 1620. The van der Waals surface area contributed by atoms with E-state index < -0.39 is 24.3 Å². The van der Waals surface area contributed by atoms with Gasteiger partial charge in [0, 0.05) is 27.1 Å². The summed E-state index contributed by atoms with van der Waals surface area (Å²) >= 11 is 7.25. The molecule has 0 saturated carbocycles. The molecule has 0 fully saturated rings. The number of carboxylic acid groups (broad SMARTS) is 1. The van der Waals surface area contributed by atoms with Gasteiger partial charge in [-0.2, -0.15) is 13.2 Å². The molecule has 0 aliphatic rings. The third-order valence-electron chi connectivity index (χ3n) is 6.02. The summed E-state index contributed by atoms with van der Waals surface area (Å²) in [5.41, 5.74) is 8.67. The van der Waals surface area contributed by atoms with Crippen LogP contribution in [0, 0.1) is 0 Å². The highest BCUT2D eigenvalue weighted by Crippen LogP contribution is 2.44. The zero-order chi connectivity index (χ0) is 27.7. The fraction of sp³-hybridized carbons (Fsp3) is 0.148. The topological polar surface area (TPSA) is 111 Å². The van der Waals surface area contributed by atoms with Crippen LogP contribution in [0.25, 0.3) is 32.5 Å². The first-order chi connectivity index (χ1) is 18.6. The average molecular weight is 574 g/mol. The van der Waals surface area contributed by atoms with Crippen molar-refractivity contribution < 1.29 is 32.2 Å². The Hall–Kier alpha value is -3.93. The lowest BCUT2D eigenvalue weighted by Gasteiger charge is -2.24. The summed E-state index contributed by atoms with van der Waals surface area (Å²) in [7, 11) is 0. The van der Waals surface area contributed by atoms with Gasteiger partial charge in [-0.05, 0) is 41.3 Å². The Morgan fingerprint density at radius 2 is 1.87 bits per heavy atom. The number of nitrogens with zero attached hydrogens (tertiary/aromatic N) is 2. The van der Waals surface area contributed by atoms with Crippen LogP contribution in [0.4, 0.5) is 13.2 Å². The second-order valence-electron chi connectivity index (χ2n) is 8.63. The molecule has 0 bridgehead atoms. The average Bonchev–Trinajstić information content (AvgIpc) is 3.58. The summed E-state index contributed by atoms with van der Waals surface area (Å²) in [5.74, 6) is -1.31. The molecule has 0 aliphatic heterocycles. The maximum Gasteiger partial charge on any atom is 0.429 e. The number of carboxylic acids is 1. The van der Waals surface area contributed by atoms with Crippen LogP contribution in [0.2, 0.25) is 5.02 Å². The van der Waals surface area contributed by atoms with Crippen molar-refractivity contribution in [1.29, 1.82) is 0 Å². The smallest absolute Gasteiger partial charge is 0.429 e. The Balaban J connectivity index is 1.50. The number of benzene rings is 2. The third-order valence-corrected chi connectivity index (χ3v) is 7.21. The van der Waals surface area contributed by atoms with Crippen molar-refractivity contribution in [2.24, 2.45) is 5.73 Å². The first-order valence-corrected chi connectivity index (χ1v) is 12.7. The molecule has 3 N–H and O–H groups in total. The van der Waals surface area contributed by atoms with E-state index in [1.807, 2.05) is 0 Å². The van der Waals surface area contributed by atoms with Gasteiger partial charge < -0.3 is 20.0 Å². The van der Waals surface area contributed by atoms with Crippen molar-refractivity contribution in [3.05, 3.63) is 88.9 Å². The number of aromatic nitrogens is 2. The summed E-state index contributed by atoms with van der Waals surface area (Å²) in [6, 6.07) is 11.6. The molecule has 5 rings (SSSR count). The predicted molar refractivity (Wildman–Crippen MR) is 141 cm³/mol. The van der Waals surface area contributed by atoms with E-state index in [9.17, 15) is 18.0 Å². The summed E-state index contributed by atoms with van der Waals surface area (Å²) < 4.78 is 54.2. The van der Waals surface area contributed by atoms with Gasteiger partial charge in [0.25, 0.3) is 0 Å². The van der Waals surface area contributed by atoms with E-state index in [-0.39, 0.29) is 28.5 Å². The second-order valence-corrected chi connectivity index (χ2v) is 9.95. The number of hydrogen-bond donors (Lipinski definition) is 2. The first kappa shape index (κ1) is 26.7. The molecule has 7 nitrogen and oxygen atoms in total. The van der Waals surface area contributed by atoms with Crippen LogP contribution in [0.5, 0.6) is 5.88 Å². The molecule has 0 aliphatic carbocycles. The number of fused-ring (bicyclic) bond motifs is 1. The van der Waals surface area contributed by atoms with Crippen molar-refractivity contribution in [2.45, 2.75) is 24.7 Å². The van der Waals surface area contributed by atoms with Gasteiger partial charge in [0.15, 0.2) is 0 Å². The Labute approximate surface area is 228 Å². The van der Waals surface area contributed by atoms with E-state index in [0.717, 1.165) is 28.8 Å². The number of furan rings is 1. The van der Waals surface area contributed by atoms with Crippen LogP contribution in [-0.4, -0.2) is 33.3 Å². The highest BCUT2D eigenvalue weighted by atomic mass is 35.5. The Kier molecular flexibility index (Phi) is 7.30. The maximum atomic E-state index is 14.4. The SMILES string of the molecule is NC(Cc1ccc(-c2csc3c(OC(c4ccc(Cl)cc4-c4ccoc4)C(F)(F)F)ncnc23)cc1)C(=O)O. The monoisotopic (exact) mass is 573 g/mol. The van der Waals surface area contributed by atoms with Crippen LogP contribution in [0.15, 0.2) is 77.2 Å². The highest BCUT2D eigenvalue weighted by molar-refractivity contribution is 7.18. The zero-order valence-electron chi connectivity index (χ0n) is 19.9. The number of aliphatic carboxylic acids is 1. The number of thiophene rings is 1. The molecular weight excluding hydrogens is 555 g/mol. The molecule has 2 unspecified atom stereocenters. The molecule has 0 amide bonds. The molecule has 5 aromatic rings. The summed E-state index contributed by atoms with van der Waals surface area (Å²) in [6.07, 6.45) is -3.13. The molecular formula is C27H19ClF3N3O4S. The number of rotatable bonds is 8. The van der Waals surface area contributed by atoms with Gasteiger partial charge in [-0.1, -0.05) is 41.9 Å². The molecule has 3 heterocycles. The van der Waals surface area contributed by atoms with E-state index in [0.29, 0.717) is 21.3 Å². The van der Waals surface area contributed by atoms with Gasteiger partial charge in [0.2, 0.25) is 12.0 Å². The first-order valence-electron chi connectivity index (χ1n) is 11.5. The van der Waals surface area contributed by atoms with E-state index in [1.165, 1.54) is 36.8 Å². The van der Waals surface area contributed by atoms with E-state index in [4.69, 9.17) is 31.6 Å². The number of hydrogen-bond acceptors (Lipinski definition) is 7. The normalized spacial score (nSPS) is 13.4. The van der Waals surface area contributed by atoms with E-state index >= 15 is 0 Å². The minimum Gasteiger partial charge on any atom is -0.480 e. The van der Waals surface area contributed by atoms with Crippen LogP contribution < -0.4 is 10.5 Å². The van der Waals surface area contributed by atoms with E-state index in [2.05, 4.69) is 9.97 Å². The van der Waals surface area contributed by atoms with Gasteiger partial charge in [0.05, 0.1) is 18.0 Å². The molecule has 0 saturated heterocycles. The Morgan fingerprint density at radius 1 is 1.10 bits per heavy atom. The summed E-state index contributed by atoms with van der Waals surface area (Å²) in [5, 5.41) is 11.0.